The minimum absolute atomic E-state index is 0.0560. The van der Waals surface area contributed by atoms with Crippen molar-refractivity contribution >= 4 is 23.4 Å². The predicted octanol–water partition coefficient (Wildman–Crippen LogP) is 2.63. The third-order valence-corrected chi connectivity index (χ3v) is 4.65. The second-order valence-corrected chi connectivity index (χ2v) is 6.42. The van der Waals surface area contributed by atoms with Crippen LogP contribution < -0.4 is 5.32 Å². The van der Waals surface area contributed by atoms with Crippen LogP contribution >= 0.6 is 0 Å². The first kappa shape index (κ1) is 18.6. The zero-order valence-electron chi connectivity index (χ0n) is 15.4. The molecule has 0 unspecified atom stereocenters. The highest BCUT2D eigenvalue weighted by Crippen LogP contribution is 2.14. The Hall–Kier alpha value is -3.15. The van der Waals surface area contributed by atoms with Gasteiger partial charge < -0.3 is 15.1 Å². The molecule has 0 saturated carbocycles. The maximum Gasteiger partial charge on any atom is 0.255 e. The molecule has 1 fully saturated rings. The monoisotopic (exact) mass is 365 g/mol. The Bertz CT molecular complexity index is 810. The molecule has 0 aliphatic carbocycles. The quantitative estimate of drug-likeness (QED) is 0.906. The number of rotatable bonds is 4. The number of hydrogen-bond donors (Lipinski definition) is 1. The van der Waals surface area contributed by atoms with Crippen LogP contribution in [-0.2, 0) is 4.79 Å². The van der Waals surface area contributed by atoms with Crippen LogP contribution in [0.4, 0.5) is 5.69 Å². The average molecular weight is 365 g/mol. The van der Waals surface area contributed by atoms with Crippen molar-refractivity contribution in [2.24, 2.45) is 0 Å². The standard InChI is InChI=1S/C21H23N3O3/c1-2-19(25)23-12-14-24(15-13-23)21(27)17-8-10-18(11-9-17)22-20(26)16-6-4-3-5-7-16/h3-11H,2,12-15H2,1H3,(H,22,26). The molecular formula is C21H23N3O3. The number of nitrogens with one attached hydrogen (secondary N) is 1. The highest BCUT2D eigenvalue weighted by Gasteiger charge is 2.24. The fraction of sp³-hybridized carbons (Fsp3) is 0.286. The fourth-order valence-electron chi connectivity index (χ4n) is 3.05. The highest BCUT2D eigenvalue weighted by atomic mass is 16.2. The molecule has 2 aromatic carbocycles. The summed E-state index contributed by atoms with van der Waals surface area (Å²) in [4.78, 5) is 40.1. The van der Waals surface area contributed by atoms with Gasteiger partial charge in [0.15, 0.2) is 0 Å². The molecule has 2 aromatic rings. The van der Waals surface area contributed by atoms with Gasteiger partial charge in [-0.25, -0.2) is 0 Å². The van der Waals surface area contributed by atoms with Gasteiger partial charge in [-0.2, -0.15) is 0 Å². The van der Waals surface area contributed by atoms with E-state index in [1.807, 2.05) is 25.1 Å². The molecule has 1 N–H and O–H groups in total. The zero-order chi connectivity index (χ0) is 19.2. The zero-order valence-corrected chi connectivity index (χ0v) is 15.4. The summed E-state index contributed by atoms with van der Waals surface area (Å²) in [6, 6.07) is 15.9. The van der Waals surface area contributed by atoms with Gasteiger partial charge in [-0.3, -0.25) is 14.4 Å². The molecule has 6 nitrogen and oxygen atoms in total. The molecular weight excluding hydrogens is 342 g/mol. The van der Waals surface area contributed by atoms with Gasteiger partial charge in [0.2, 0.25) is 5.91 Å². The highest BCUT2D eigenvalue weighted by molar-refractivity contribution is 6.04. The largest absolute Gasteiger partial charge is 0.339 e. The third kappa shape index (κ3) is 4.53. The second-order valence-electron chi connectivity index (χ2n) is 6.42. The summed E-state index contributed by atoms with van der Waals surface area (Å²) in [7, 11) is 0. The van der Waals surface area contributed by atoms with Gasteiger partial charge in [0.05, 0.1) is 0 Å². The first-order chi connectivity index (χ1) is 13.1. The normalized spacial score (nSPS) is 14.0. The molecule has 1 aliphatic heterocycles. The number of carbonyl (C=O) groups is 3. The molecule has 0 spiro atoms. The van der Waals surface area contributed by atoms with E-state index in [1.54, 1.807) is 46.2 Å². The SMILES string of the molecule is CCC(=O)N1CCN(C(=O)c2ccc(NC(=O)c3ccccc3)cc2)CC1. The number of benzene rings is 2. The molecule has 6 heteroatoms. The van der Waals surface area contributed by atoms with E-state index in [-0.39, 0.29) is 17.7 Å². The van der Waals surface area contributed by atoms with Crippen molar-refractivity contribution in [3.63, 3.8) is 0 Å². The van der Waals surface area contributed by atoms with Gasteiger partial charge in [-0.15, -0.1) is 0 Å². The van der Waals surface area contributed by atoms with Crippen LogP contribution in [0.25, 0.3) is 0 Å². The van der Waals surface area contributed by atoms with Gasteiger partial charge in [0.1, 0.15) is 0 Å². The number of nitrogens with zero attached hydrogens (tertiary/aromatic N) is 2. The first-order valence-corrected chi connectivity index (χ1v) is 9.12. The third-order valence-electron chi connectivity index (χ3n) is 4.65. The van der Waals surface area contributed by atoms with E-state index < -0.39 is 0 Å². The number of piperazine rings is 1. The van der Waals surface area contributed by atoms with Crippen LogP contribution in [0.3, 0.4) is 0 Å². The molecule has 1 heterocycles. The number of carbonyl (C=O) groups excluding carboxylic acids is 3. The van der Waals surface area contributed by atoms with E-state index in [9.17, 15) is 14.4 Å². The number of amides is 3. The molecule has 0 radical (unpaired) electrons. The van der Waals surface area contributed by atoms with Crippen molar-refractivity contribution in [2.75, 3.05) is 31.5 Å². The van der Waals surface area contributed by atoms with E-state index in [4.69, 9.17) is 0 Å². The molecule has 0 bridgehead atoms. The summed E-state index contributed by atoms with van der Waals surface area (Å²) in [5, 5.41) is 2.82. The minimum atomic E-state index is -0.189. The lowest BCUT2D eigenvalue weighted by atomic mass is 10.1. The summed E-state index contributed by atoms with van der Waals surface area (Å²) >= 11 is 0. The Labute approximate surface area is 158 Å². The molecule has 1 saturated heterocycles. The summed E-state index contributed by atoms with van der Waals surface area (Å²) in [5.41, 5.74) is 1.79. The van der Waals surface area contributed by atoms with Gasteiger partial charge in [0.25, 0.3) is 11.8 Å². The van der Waals surface area contributed by atoms with Crippen LogP contribution in [0.2, 0.25) is 0 Å². The molecule has 0 aromatic heterocycles. The topological polar surface area (TPSA) is 69.7 Å². The number of hydrogen-bond acceptors (Lipinski definition) is 3. The minimum Gasteiger partial charge on any atom is -0.339 e. The Morgan fingerprint density at radius 1 is 0.815 bits per heavy atom. The van der Waals surface area contributed by atoms with Gasteiger partial charge in [0, 0.05) is 49.4 Å². The lowest BCUT2D eigenvalue weighted by Gasteiger charge is -2.34. The second kappa shape index (κ2) is 8.49. The number of anilines is 1. The molecule has 1 aliphatic rings. The predicted molar refractivity (Wildman–Crippen MR) is 104 cm³/mol. The van der Waals surface area contributed by atoms with Crippen LogP contribution in [0, 0.1) is 0 Å². The van der Waals surface area contributed by atoms with Gasteiger partial charge in [-0.1, -0.05) is 25.1 Å². The Kier molecular flexibility index (Phi) is 5.86. The lowest BCUT2D eigenvalue weighted by Crippen LogP contribution is -2.50. The van der Waals surface area contributed by atoms with Crippen molar-refractivity contribution in [1.29, 1.82) is 0 Å². The molecule has 3 amide bonds. The summed E-state index contributed by atoms with van der Waals surface area (Å²) in [5.74, 6) is -0.119. The average Bonchev–Trinajstić information content (AvgIpc) is 2.74. The first-order valence-electron chi connectivity index (χ1n) is 9.12. The van der Waals surface area contributed by atoms with Crippen molar-refractivity contribution in [3.05, 3.63) is 65.7 Å². The lowest BCUT2D eigenvalue weighted by molar-refractivity contribution is -0.132. The Morgan fingerprint density at radius 3 is 2.00 bits per heavy atom. The summed E-state index contributed by atoms with van der Waals surface area (Å²) < 4.78 is 0. The van der Waals surface area contributed by atoms with Crippen molar-refractivity contribution in [1.82, 2.24) is 9.80 Å². The summed E-state index contributed by atoms with van der Waals surface area (Å²) in [6.45, 7) is 4.07. The van der Waals surface area contributed by atoms with E-state index in [0.29, 0.717) is 49.4 Å². The van der Waals surface area contributed by atoms with E-state index >= 15 is 0 Å². The molecule has 27 heavy (non-hydrogen) atoms. The van der Waals surface area contributed by atoms with Crippen LogP contribution in [0.5, 0.6) is 0 Å². The van der Waals surface area contributed by atoms with Crippen molar-refractivity contribution < 1.29 is 14.4 Å². The summed E-state index contributed by atoms with van der Waals surface area (Å²) in [6.07, 6.45) is 0.490. The van der Waals surface area contributed by atoms with E-state index in [2.05, 4.69) is 5.32 Å². The molecule has 140 valence electrons. The molecule has 0 atom stereocenters. The van der Waals surface area contributed by atoms with Crippen LogP contribution in [0.1, 0.15) is 34.1 Å². The maximum absolute atomic E-state index is 12.6. The van der Waals surface area contributed by atoms with E-state index in [0.717, 1.165) is 0 Å². The van der Waals surface area contributed by atoms with E-state index in [1.165, 1.54) is 0 Å². The van der Waals surface area contributed by atoms with Crippen molar-refractivity contribution in [3.8, 4) is 0 Å². The van der Waals surface area contributed by atoms with Gasteiger partial charge >= 0.3 is 0 Å². The molecule has 3 rings (SSSR count). The van der Waals surface area contributed by atoms with Gasteiger partial charge in [-0.05, 0) is 36.4 Å². The smallest absolute Gasteiger partial charge is 0.255 e. The Balaban J connectivity index is 1.58. The Morgan fingerprint density at radius 2 is 1.41 bits per heavy atom. The van der Waals surface area contributed by atoms with Crippen LogP contribution in [0.15, 0.2) is 54.6 Å². The maximum atomic E-state index is 12.6. The van der Waals surface area contributed by atoms with Crippen LogP contribution in [-0.4, -0.2) is 53.7 Å². The van der Waals surface area contributed by atoms with Crippen molar-refractivity contribution in [2.45, 2.75) is 13.3 Å². The fourth-order valence-corrected chi connectivity index (χ4v) is 3.05.